The first-order valence-electron chi connectivity index (χ1n) is 9.50. The fourth-order valence-corrected chi connectivity index (χ4v) is 3.23. The summed E-state index contributed by atoms with van der Waals surface area (Å²) in [7, 11) is 0. The van der Waals surface area contributed by atoms with Gasteiger partial charge in [-0.1, -0.05) is 12.1 Å². The van der Waals surface area contributed by atoms with Gasteiger partial charge in [-0.15, -0.1) is 0 Å². The first-order chi connectivity index (χ1) is 13.4. The lowest BCUT2D eigenvalue weighted by Crippen LogP contribution is -2.39. The molecule has 1 heterocycles. The van der Waals surface area contributed by atoms with Crippen LogP contribution in [0, 0.1) is 13.8 Å². The molecule has 1 aliphatic rings. The highest BCUT2D eigenvalue weighted by Gasteiger charge is 2.23. The van der Waals surface area contributed by atoms with E-state index in [-0.39, 0.29) is 24.2 Å². The van der Waals surface area contributed by atoms with Gasteiger partial charge in [0.15, 0.2) is 6.61 Å². The average Bonchev–Trinajstić information content (AvgIpc) is 2.94. The number of hydrogen-bond donors (Lipinski definition) is 1. The maximum Gasteiger partial charge on any atom is 0.260 e. The van der Waals surface area contributed by atoms with Gasteiger partial charge in [0.05, 0.1) is 0 Å². The third-order valence-corrected chi connectivity index (χ3v) is 5.07. The highest BCUT2D eigenvalue weighted by atomic mass is 16.5. The molecule has 0 saturated carbocycles. The van der Waals surface area contributed by atoms with Gasteiger partial charge in [0.25, 0.3) is 11.8 Å². The minimum atomic E-state index is -0.128. The van der Waals surface area contributed by atoms with Crippen LogP contribution in [0.25, 0.3) is 0 Å². The topological polar surface area (TPSA) is 70.1 Å². The molecule has 0 aromatic heterocycles. The molecule has 1 fully saturated rings. The molecule has 1 saturated heterocycles. The highest BCUT2D eigenvalue weighted by molar-refractivity contribution is 5.94. The van der Waals surface area contributed by atoms with Crippen LogP contribution in [-0.4, -0.2) is 59.5 Å². The van der Waals surface area contributed by atoms with E-state index in [1.165, 1.54) is 17.7 Å². The molecule has 0 spiro atoms. The van der Waals surface area contributed by atoms with Gasteiger partial charge in [-0.25, -0.2) is 0 Å². The Balaban J connectivity index is 1.54. The summed E-state index contributed by atoms with van der Waals surface area (Å²) in [5.74, 6) is 0.550. The Bertz CT molecular complexity index is 865. The summed E-state index contributed by atoms with van der Waals surface area (Å²) in [5, 5.41) is 9.58. The van der Waals surface area contributed by atoms with Crippen molar-refractivity contribution in [3.63, 3.8) is 0 Å². The molecule has 1 N–H and O–H groups in total. The molecule has 3 rings (SSSR count). The molecule has 1 aliphatic heterocycles. The van der Waals surface area contributed by atoms with E-state index in [9.17, 15) is 14.7 Å². The van der Waals surface area contributed by atoms with Gasteiger partial charge in [0.2, 0.25) is 0 Å². The SMILES string of the molecule is Cc1ccc(OCC(=O)N2CCCN(C(=O)c3cccc(O)c3)CC2)cc1C. The van der Waals surface area contributed by atoms with E-state index in [0.29, 0.717) is 43.9 Å². The quantitative estimate of drug-likeness (QED) is 0.883. The Morgan fingerprint density at radius 3 is 2.46 bits per heavy atom. The number of aryl methyl sites for hydroxylation is 2. The molecular formula is C22H26N2O4. The predicted octanol–water partition coefficient (Wildman–Crippen LogP) is 2.76. The van der Waals surface area contributed by atoms with Crippen LogP contribution in [0.2, 0.25) is 0 Å². The molecular weight excluding hydrogens is 356 g/mol. The number of phenolic OH excluding ortho intramolecular Hbond substituents is 1. The van der Waals surface area contributed by atoms with Crippen molar-refractivity contribution < 1.29 is 19.4 Å². The van der Waals surface area contributed by atoms with Crippen molar-refractivity contribution in [3.8, 4) is 11.5 Å². The van der Waals surface area contributed by atoms with E-state index in [4.69, 9.17) is 4.74 Å². The first kappa shape index (κ1) is 19.7. The number of amides is 2. The summed E-state index contributed by atoms with van der Waals surface area (Å²) in [6, 6.07) is 12.1. The van der Waals surface area contributed by atoms with E-state index in [0.717, 1.165) is 5.56 Å². The predicted molar refractivity (Wildman–Crippen MR) is 107 cm³/mol. The average molecular weight is 382 g/mol. The maximum absolute atomic E-state index is 12.6. The zero-order valence-corrected chi connectivity index (χ0v) is 16.4. The van der Waals surface area contributed by atoms with Crippen molar-refractivity contribution in [2.24, 2.45) is 0 Å². The van der Waals surface area contributed by atoms with Gasteiger partial charge in [-0.05, 0) is 61.7 Å². The highest BCUT2D eigenvalue weighted by Crippen LogP contribution is 2.17. The summed E-state index contributed by atoms with van der Waals surface area (Å²) >= 11 is 0. The van der Waals surface area contributed by atoms with Gasteiger partial charge in [-0.2, -0.15) is 0 Å². The summed E-state index contributed by atoms with van der Waals surface area (Å²) in [6.07, 6.45) is 0.708. The van der Waals surface area contributed by atoms with Crippen molar-refractivity contribution in [1.82, 2.24) is 9.80 Å². The fraction of sp³-hybridized carbons (Fsp3) is 0.364. The van der Waals surface area contributed by atoms with Crippen molar-refractivity contribution >= 4 is 11.8 Å². The van der Waals surface area contributed by atoms with Gasteiger partial charge in [-0.3, -0.25) is 9.59 Å². The maximum atomic E-state index is 12.6. The van der Waals surface area contributed by atoms with Gasteiger partial charge < -0.3 is 19.6 Å². The summed E-state index contributed by atoms with van der Waals surface area (Å²) < 4.78 is 5.65. The van der Waals surface area contributed by atoms with Gasteiger partial charge in [0.1, 0.15) is 11.5 Å². The molecule has 0 unspecified atom stereocenters. The minimum absolute atomic E-state index is 0.0109. The Morgan fingerprint density at radius 2 is 1.71 bits per heavy atom. The third-order valence-electron chi connectivity index (χ3n) is 5.07. The van der Waals surface area contributed by atoms with Crippen LogP contribution in [0.5, 0.6) is 11.5 Å². The number of carbonyl (C=O) groups is 2. The molecule has 0 radical (unpaired) electrons. The van der Waals surface area contributed by atoms with Crippen LogP contribution < -0.4 is 4.74 Å². The lowest BCUT2D eigenvalue weighted by molar-refractivity contribution is -0.133. The fourth-order valence-electron chi connectivity index (χ4n) is 3.23. The Labute approximate surface area is 165 Å². The van der Waals surface area contributed by atoms with E-state index < -0.39 is 0 Å². The lowest BCUT2D eigenvalue weighted by Gasteiger charge is -2.22. The second-order valence-electron chi connectivity index (χ2n) is 7.11. The summed E-state index contributed by atoms with van der Waals surface area (Å²) in [4.78, 5) is 28.6. The van der Waals surface area contributed by atoms with Crippen LogP contribution >= 0.6 is 0 Å². The smallest absolute Gasteiger partial charge is 0.260 e. The number of phenols is 1. The molecule has 0 atom stereocenters. The summed E-state index contributed by atoms with van der Waals surface area (Å²) in [5.41, 5.74) is 2.77. The van der Waals surface area contributed by atoms with Crippen LogP contribution in [0.4, 0.5) is 0 Å². The van der Waals surface area contributed by atoms with Crippen LogP contribution in [0.1, 0.15) is 27.9 Å². The van der Waals surface area contributed by atoms with E-state index in [2.05, 4.69) is 0 Å². The number of nitrogens with zero attached hydrogens (tertiary/aromatic N) is 2. The largest absolute Gasteiger partial charge is 0.508 e. The number of aromatic hydroxyl groups is 1. The van der Waals surface area contributed by atoms with Crippen molar-refractivity contribution in [1.29, 1.82) is 0 Å². The lowest BCUT2D eigenvalue weighted by atomic mass is 10.1. The molecule has 148 valence electrons. The van der Waals surface area contributed by atoms with E-state index in [1.54, 1.807) is 21.9 Å². The molecule has 28 heavy (non-hydrogen) atoms. The summed E-state index contributed by atoms with van der Waals surface area (Å²) in [6.45, 7) is 6.14. The number of hydrogen-bond acceptors (Lipinski definition) is 4. The van der Waals surface area contributed by atoms with Crippen LogP contribution in [0.15, 0.2) is 42.5 Å². The number of rotatable bonds is 4. The Hall–Kier alpha value is -3.02. The van der Waals surface area contributed by atoms with Crippen LogP contribution in [-0.2, 0) is 4.79 Å². The second-order valence-corrected chi connectivity index (χ2v) is 7.11. The zero-order chi connectivity index (χ0) is 20.1. The Morgan fingerprint density at radius 1 is 0.964 bits per heavy atom. The minimum Gasteiger partial charge on any atom is -0.508 e. The van der Waals surface area contributed by atoms with E-state index in [1.807, 2.05) is 32.0 Å². The molecule has 6 heteroatoms. The van der Waals surface area contributed by atoms with Gasteiger partial charge >= 0.3 is 0 Å². The van der Waals surface area contributed by atoms with E-state index >= 15 is 0 Å². The number of benzene rings is 2. The third kappa shape index (κ3) is 4.82. The Kier molecular flexibility index (Phi) is 6.19. The normalized spacial score (nSPS) is 14.5. The second kappa shape index (κ2) is 8.78. The van der Waals surface area contributed by atoms with Crippen LogP contribution in [0.3, 0.4) is 0 Å². The first-order valence-corrected chi connectivity index (χ1v) is 9.50. The molecule has 0 aliphatic carbocycles. The molecule has 6 nitrogen and oxygen atoms in total. The zero-order valence-electron chi connectivity index (χ0n) is 16.4. The molecule has 0 bridgehead atoms. The monoisotopic (exact) mass is 382 g/mol. The number of carbonyl (C=O) groups excluding carboxylic acids is 2. The molecule has 2 aromatic rings. The molecule has 2 aromatic carbocycles. The van der Waals surface area contributed by atoms with Crippen molar-refractivity contribution in [2.75, 3.05) is 32.8 Å². The molecule has 2 amide bonds. The standard InChI is InChI=1S/C22H26N2O4/c1-16-7-8-20(13-17(16)2)28-15-21(26)23-9-4-10-24(12-11-23)22(27)18-5-3-6-19(25)14-18/h3,5-8,13-14,25H,4,9-12,15H2,1-2H3. The van der Waals surface area contributed by atoms with Crippen molar-refractivity contribution in [3.05, 3.63) is 59.2 Å². The van der Waals surface area contributed by atoms with Gasteiger partial charge in [0, 0.05) is 31.7 Å². The number of ether oxygens (including phenoxy) is 1. The van der Waals surface area contributed by atoms with Crippen molar-refractivity contribution in [2.45, 2.75) is 20.3 Å².